The van der Waals surface area contributed by atoms with Crippen molar-refractivity contribution in [1.82, 2.24) is 0 Å². The average molecular weight is 183 g/mol. The highest BCUT2D eigenvalue weighted by Crippen LogP contribution is 2.34. The predicted molar refractivity (Wildman–Crippen MR) is 45.1 cm³/mol. The molecule has 1 atom stereocenters. The van der Waals surface area contributed by atoms with Crippen LogP contribution in [-0.2, 0) is 0 Å². The predicted octanol–water partition coefficient (Wildman–Crippen LogP) is 1.31. The number of ether oxygens (including phenoxy) is 1. The molecule has 0 unspecified atom stereocenters. The SMILES string of the molecule is N[C@@H]1CCOc2cc(F)c(O)cc21. The maximum atomic E-state index is 12.9. The van der Waals surface area contributed by atoms with Crippen molar-refractivity contribution in [2.24, 2.45) is 5.73 Å². The molecule has 0 fully saturated rings. The van der Waals surface area contributed by atoms with Crippen molar-refractivity contribution in [2.75, 3.05) is 6.61 Å². The van der Waals surface area contributed by atoms with E-state index in [-0.39, 0.29) is 11.8 Å². The fourth-order valence-corrected chi connectivity index (χ4v) is 1.43. The van der Waals surface area contributed by atoms with Crippen LogP contribution < -0.4 is 10.5 Å². The molecule has 0 saturated heterocycles. The third-order valence-electron chi connectivity index (χ3n) is 2.17. The lowest BCUT2D eigenvalue weighted by atomic mass is 10.0. The largest absolute Gasteiger partial charge is 0.505 e. The minimum Gasteiger partial charge on any atom is -0.505 e. The van der Waals surface area contributed by atoms with E-state index < -0.39 is 5.82 Å². The summed E-state index contributed by atoms with van der Waals surface area (Å²) in [5, 5.41) is 9.11. The van der Waals surface area contributed by atoms with Crippen molar-refractivity contribution in [1.29, 1.82) is 0 Å². The molecule has 1 aliphatic rings. The second kappa shape index (κ2) is 2.88. The molecular formula is C9H10FNO2. The van der Waals surface area contributed by atoms with Gasteiger partial charge in [-0.1, -0.05) is 0 Å². The van der Waals surface area contributed by atoms with E-state index in [1.165, 1.54) is 12.1 Å². The van der Waals surface area contributed by atoms with Crippen LogP contribution >= 0.6 is 0 Å². The molecule has 0 aliphatic carbocycles. The van der Waals surface area contributed by atoms with Gasteiger partial charge < -0.3 is 15.6 Å². The standard InChI is InChI=1S/C9H10FNO2/c10-6-4-9-5(3-8(6)12)7(11)1-2-13-9/h3-4,7,12H,1-2,11H2/t7-/m1/s1. The summed E-state index contributed by atoms with van der Waals surface area (Å²) in [6.45, 7) is 0.498. The topological polar surface area (TPSA) is 55.5 Å². The molecular weight excluding hydrogens is 173 g/mol. The Bertz CT molecular complexity index is 341. The van der Waals surface area contributed by atoms with Gasteiger partial charge in [0.1, 0.15) is 5.75 Å². The molecule has 0 amide bonds. The third kappa shape index (κ3) is 1.33. The van der Waals surface area contributed by atoms with Gasteiger partial charge in [0.2, 0.25) is 0 Å². The highest BCUT2D eigenvalue weighted by atomic mass is 19.1. The van der Waals surface area contributed by atoms with Gasteiger partial charge in [0, 0.05) is 24.1 Å². The molecule has 3 nitrogen and oxygen atoms in total. The Morgan fingerprint density at radius 1 is 1.54 bits per heavy atom. The zero-order chi connectivity index (χ0) is 9.42. The maximum absolute atomic E-state index is 12.9. The molecule has 0 bridgehead atoms. The van der Waals surface area contributed by atoms with Crippen molar-refractivity contribution < 1.29 is 14.2 Å². The monoisotopic (exact) mass is 183 g/mol. The summed E-state index contributed by atoms with van der Waals surface area (Å²) < 4.78 is 18.1. The summed E-state index contributed by atoms with van der Waals surface area (Å²) in [6.07, 6.45) is 0.693. The summed E-state index contributed by atoms with van der Waals surface area (Å²) in [7, 11) is 0. The first-order valence-corrected chi connectivity index (χ1v) is 4.09. The number of fused-ring (bicyclic) bond motifs is 1. The third-order valence-corrected chi connectivity index (χ3v) is 2.17. The normalized spacial score (nSPS) is 20.6. The van der Waals surface area contributed by atoms with Crippen LogP contribution in [0.15, 0.2) is 12.1 Å². The van der Waals surface area contributed by atoms with Crippen LogP contribution in [0.2, 0.25) is 0 Å². The van der Waals surface area contributed by atoms with Crippen LogP contribution in [0.1, 0.15) is 18.0 Å². The molecule has 0 spiro atoms. The number of halogens is 1. The zero-order valence-corrected chi connectivity index (χ0v) is 6.96. The summed E-state index contributed by atoms with van der Waals surface area (Å²) in [5.41, 5.74) is 6.42. The summed E-state index contributed by atoms with van der Waals surface area (Å²) in [5.74, 6) is -0.610. The molecule has 2 rings (SSSR count). The summed E-state index contributed by atoms with van der Waals surface area (Å²) >= 11 is 0. The van der Waals surface area contributed by atoms with Crippen LogP contribution in [0, 0.1) is 5.82 Å². The summed E-state index contributed by atoms with van der Waals surface area (Å²) in [4.78, 5) is 0. The molecule has 70 valence electrons. The van der Waals surface area contributed by atoms with Gasteiger partial charge in [-0.3, -0.25) is 0 Å². The minimum absolute atomic E-state index is 0.171. The van der Waals surface area contributed by atoms with Gasteiger partial charge in [0.25, 0.3) is 0 Å². The van der Waals surface area contributed by atoms with Crippen molar-refractivity contribution in [3.05, 3.63) is 23.5 Å². The van der Waals surface area contributed by atoms with E-state index in [0.29, 0.717) is 24.3 Å². The van der Waals surface area contributed by atoms with E-state index in [4.69, 9.17) is 15.6 Å². The molecule has 1 aromatic rings. The summed E-state index contributed by atoms with van der Waals surface area (Å²) in [6, 6.07) is 2.33. The van der Waals surface area contributed by atoms with Crippen LogP contribution in [0.3, 0.4) is 0 Å². The van der Waals surface area contributed by atoms with Crippen LogP contribution in [0.25, 0.3) is 0 Å². The van der Waals surface area contributed by atoms with Crippen LogP contribution in [0.4, 0.5) is 4.39 Å². The Hall–Kier alpha value is -1.29. The van der Waals surface area contributed by atoms with Crippen molar-refractivity contribution in [3.8, 4) is 11.5 Å². The number of rotatable bonds is 0. The number of aromatic hydroxyl groups is 1. The van der Waals surface area contributed by atoms with Crippen molar-refractivity contribution in [2.45, 2.75) is 12.5 Å². The Kier molecular flexibility index (Phi) is 1.84. The lowest BCUT2D eigenvalue weighted by molar-refractivity contribution is 0.265. The number of hydrogen-bond donors (Lipinski definition) is 2. The molecule has 1 aliphatic heterocycles. The first-order valence-electron chi connectivity index (χ1n) is 4.09. The molecule has 0 radical (unpaired) electrons. The van der Waals surface area contributed by atoms with E-state index >= 15 is 0 Å². The van der Waals surface area contributed by atoms with Crippen molar-refractivity contribution >= 4 is 0 Å². The van der Waals surface area contributed by atoms with Gasteiger partial charge in [-0.25, -0.2) is 4.39 Å². The van der Waals surface area contributed by atoms with Crippen LogP contribution in [0.5, 0.6) is 11.5 Å². The van der Waals surface area contributed by atoms with E-state index in [1.54, 1.807) is 0 Å². The van der Waals surface area contributed by atoms with Crippen molar-refractivity contribution in [3.63, 3.8) is 0 Å². The van der Waals surface area contributed by atoms with E-state index in [0.717, 1.165) is 0 Å². The average Bonchev–Trinajstić information content (AvgIpc) is 2.09. The Morgan fingerprint density at radius 3 is 3.08 bits per heavy atom. The fraction of sp³-hybridized carbons (Fsp3) is 0.333. The molecule has 0 aromatic heterocycles. The van der Waals surface area contributed by atoms with E-state index in [1.807, 2.05) is 0 Å². The second-order valence-corrected chi connectivity index (χ2v) is 3.09. The maximum Gasteiger partial charge on any atom is 0.168 e. The van der Waals surface area contributed by atoms with Crippen LogP contribution in [-0.4, -0.2) is 11.7 Å². The first kappa shape index (κ1) is 8.31. The minimum atomic E-state index is -0.673. The zero-order valence-electron chi connectivity index (χ0n) is 6.96. The van der Waals surface area contributed by atoms with Gasteiger partial charge >= 0.3 is 0 Å². The lowest BCUT2D eigenvalue weighted by Crippen LogP contribution is -2.20. The van der Waals surface area contributed by atoms with E-state index in [9.17, 15) is 4.39 Å². The second-order valence-electron chi connectivity index (χ2n) is 3.09. The number of benzene rings is 1. The Balaban J connectivity index is 2.52. The molecule has 13 heavy (non-hydrogen) atoms. The Morgan fingerprint density at radius 2 is 2.31 bits per heavy atom. The quantitative estimate of drug-likeness (QED) is 0.637. The number of phenols is 1. The molecule has 0 saturated carbocycles. The molecule has 1 heterocycles. The van der Waals surface area contributed by atoms with Gasteiger partial charge in [-0.2, -0.15) is 0 Å². The fourth-order valence-electron chi connectivity index (χ4n) is 1.43. The molecule has 4 heteroatoms. The first-order chi connectivity index (χ1) is 6.18. The van der Waals surface area contributed by atoms with Gasteiger partial charge in [0.15, 0.2) is 11.6 Å². The molecule has 3 N–H and O–H groups in total. The molecule has 1 aromatic carbocycles. The number of hydrogen-bond acceptors (Lipinski definition) is 3. The smallest absolute Gasteiger partial charge is 0.168 e. The van der Waals surface area contributed by atoms with Gasteiger partial charge in [0.05, 0.1) is 6.61 Å². The van der Waals surface area contributed by atoms with Gasteiger partial charge in [-0.05, 0) is 6.07 Å². The Labute approximate surface area is 74.9 Å². The van der Waals surface area contributed by atoms with E-state index in [2.05, 4.69) is 0 Å². The number of phenolic OH excluding ortho intramolecular Hbond substituents is 1. The number of nitrogens with two attached hydrogens (primary N) is 1. The highest BCUT2D eigenvalue weighted by Gasteiger charge is 2.20. The highest BCUT2D eigenvalue weighted by molar-refractivity contribution is 5.43. The lowest BCUT2D eigenvalue weighted by Gasteiger charge is -2.22. The van der Waals surface area contributed by atoms with Gasteiger partial charge in [-0.15, -0.1) is 0 Å².